The molecule has 0 aliphatic heterocycles. The predicted octanol–water partition coefficient (Wildman–Crippen LogP) is 7.56. The summed E-state index contributed by atoms with van der Waals surface area (Å²) in [5.41, 5.74) is 4.50. The number of thiazole rings is 1. The quantitative estimate of drug-likeness (QED) is 0.340. The summed E-state index contributed by atoms with van der Waals surface area (Å²) in [5.74, 6) is -0.309. The van der Waals surface area contributed by atoms with Gasteiger partial charge in [0.15, 0.2) is 0 Å². The molecule has 1 aromatic heterocycles. The lowest BCUT2D eigenvalue weighted by atomic mass is 9.87. The highest BCUT2D eigenvalue weighted by Crippen LogP contribution is 2.33. The standard InChI is InChI=1S/C26H24FN3OS/c1-26(2,3)17-12-14-18(15-13-17)28-25(31)30-22-11-7-5-9-20(22)23-16-32-24(29-23)19-8-4-6-10-21(19)27/h4-16H,1-3H3,(H2,28,30,31). The van der Waals surface area contributed by atoms with Gasteiger partial charge >= 0.3 is 6.03 Å². The molecule has 4 nitrogen and oxygen atoms in total. The molecule has 4 rings (SSSR count). The molecule has 6 heteroatoms. The normalized spacial score (nSPS) is 11.2. The van der Waals surface area contributed by atoms with E-state index in [1.54, 1.807) is 18.2 Å². The molecule has 1 heterocycles. The molecule has 32 heavy (non-hydrogen) atoms. The van der Waals surface area contributed by atoms with Crippen molar-refractivity contribution < 1.29 is 9.18 Å². The smallest absolute Gasteiger partial charge is 0.308 e. The molecule has 0 bridgehead atoms. The largest absolute Gasteiger partial charge is 0.323 e. The molecular weight excluding hydrogens is 421 g/mol. The van der Waals surface area contributed by atoms with Gasteiger partial charge in [-0.25, -0.2) is 14.2 Å². The first kappa shape index (κ1) is 21.7. The van der Waals surface area contributed by atoms with Gasteiger partial charge < -0.3 is 10.6 Å². The third-order valence-electron chi connectivity index (χ3n) is 5.07. The van der Waals surface area contributed by atoms with Crippen LogP contribution in [0.15, 0.2) is 78.2 Å². The Morgan fingerprint density at radius 1 is 0.875 bits per heavy atom. The first-order valence-corrected chi connectivity index (χ1v) is 11.2. The number of nitrogens with zero attached hydrogens (tertiary/aromatic N) is 1. The highest BCUT2D eigenvalue weighted by atomic mass is 32.1. The van der Waals surface area contributed by atoms with Gasteiger partial charge in [0.2, 0.25) is 0 Å². The Balaban J connectivity index is 1.52. The van der Waals surface area contributed by atoms with Crippen LogP contribution in [0, 0.1) is 5.82 Å². The van der Waals surface area contributed by atoms with Gasteiger partial charge in [-0.15, -0.1) is 11.3 Å². The van der Waals surface area contributed by atoms with Gasteiger partial charge in [0.1, 0.15) is 10.8 Å². The summed E-state index contributed by atoms with van der Waals surface area (Å²) in [6.07, 6.45) is 0. The second-order valence-corrected chi connectivity index (χ2v) is 9.33. The summed E-state index contributed by atoms with van der Waals surface area (Å²) in [4.78, 5) is 17.2. The van der Waals surface area contributed by atoms with Crippen molar-refractivity contribution in [1.29, 1.82) is 0 Å². The highest BCUT2D eigenvalue weighted by molar-refractivity contribution is 7.13. The maximum Gasteiger partial charge on any atom is 0.323 e. The molecule has 0 aliphatic carbocycles. The first-order valence-electron chi connectivity index (χ1n) is 10.3. The number of nitrogens with one attached hydrogen (secondary N) is 2. The van der Waals surface area contributed by atoms with Crippen molar-refractivity contribution in [3.05, 3.63) is 89.6 Å². The van der Waals surface area contributed by atoms with Gasteiger partial charge in [0.05, 0.1) is 11.4 Å². The molecule has 2 amide bonds. The average molecular weight is 446 g/mol. The van der Waals surface area contributed by atoms with Gasteiger partial charge in [0.25, 0.3) is 0 Å². The lowest BCUT2D eigenvalue weighted by Gasteiger charge is -2.19. The Labute approximate surface area is 191 Å². The molecule has 0 atom stereocenters. The summed E-state index contributed by atoms with van der Waals surface area (Å²) >= 11 is 1.37. The van der Waals surface area contributed by atoms with Crippen molar-refractivity contribution in [2.24, 2.45) is 0 Å². The number of halogens is 1. The van der Waals surface area contributed by atoms with E-state index in [1.807, 2.05) is 53.9 Å². The number of para-hydroxylation sites is 1. The van der Waals surface area contributed by atoms with Gasteiger partial charge in [-0.1, -0.05) is 63.2 Å². The lowest BCUT2D eigenvalue weighted by Crippen LogP contribution is -2.20. The average Bonchev–Trinajstić information content (AvgIpc) is 3.24. The molecular formula is C26H24FN3OS. The Morgan fingerprint density at radius 3 is 2.22 bits per heavy atom. The molecule has 0 fully saturated rings. The molecule has 0 radical (unpaired) electrons. The molecule has 0 unspecified atom stereocenters. The van der Waals surface area contributed by atoms with Crippen molar-refractivity contribution in [1.82, 2.24) is 4.98 Å². The third-order valence-corrected chi connectivity index (χ3v) is 5.94. The van der Waals surface area contributed by atoms with E-state index in [0.717, 1.165) is 5.56 Å². The molecule has 0 spiro atoms. The molecule has 4 aromatic rings. The van der Waals surface area contributed by atoms with Crippen LogP contribution >= 0.6 is 11.3 Å². The van der Waals surface area contributed by atoms with Crippen molar-refractivity contribution in [3.8, 4) is 21.8 Å². The number of rotatable bonds is 4. The van der Waals surface area contributed by atoms with E-state index in [9.17, 15) is 9.18 Å². The fourth-order valence-electron chi connectivity index (χ4n) is 3.31. The van der Waals surface area contributed by atoms with E-state index in [1.165, 1.54) is 23.0 Å². The van der Waals surface area contributed by atoms with Gasteiger partial charge in [-0.2, -0.15) is 0 Å². The van der Waals surface area contributed by atoms with E-state index >= 15 is 0 Å². The highest BCUT2D eigenvalue weighted by Gasteiger charge is 2.15. The lowest BCUT2D eigenvalue weighted by molar-refractivity contribution is 0.262. The zero-order chi connectivity index (χ0) is 22.7. The fraction of sp³-hybridized carbons (Fsp3) is 0.154. The fourth-order valence-corrected chi connectivity index (χ4v) is 4.16. The van der Waals surface area contributed by atoms with Crippen LogP contribution in [0.3, 0.4) is 0 Å². The molecule has 0 aliphatic rings. The molecule has 2 N–H and O–H groups in total. The summed E-state index contributed by atoms with van der Waals surface area (Å²) in [5, 5.41) is 8.23. The van der Waals surface area contributed by atoms with Crippen LogP contribution in [-0.4, -0.2) is 11.0 Å². The third kappa shape index (κ3) is 4.86. The Bertz CT molecular complexity index is 1240. The minimum atomic E-state index is -0.342. The topological polar surface area (TPSA) is 54.0 Å². The van der Waals surface area contributed by atoms with Crippen LogP contribution in [0.25, 0.3) is 21.8 Å². The number of amides is 2. The van der Waals surface area contributed by atoms with E-state index in [-0.39, 0.29) is 17.3 Å². The van der Waals surface area contributed by atoms with E-state index < -0.39 is 0 Å². The maximum atomic E-state index is 14.1. The molecule has 162 valence electrons. The number of carbonyl (C=O) groups is 1. The van der Waals surface area contributed by atoms with Crippen LogP contribution in [0.2, 0.25) is 0 Å². The van der Waals surface area contributed by atoms with Crippen LogP contribution < -0.4 is 10.6 Å². The first-order chi connectivity index (χ1) is 15.3. The Hall–Kier alpha value is -3.51. The number of urea groups is 1. The number of aromatic nitrogens is 1. The molecule has 3 aromatic carbocycles. The maximum absolute atomic E-state index is 14.1. The van der Waals surface area contributed by atoms with Crippen LogP contribution in [0.4, 0.5) is 20.6 Å². The summed E-state index contributed by atoms with van der Waals surface area (Å²) < 4.78 is 14.1. The minimum Gasteiger partial charge on any atom is -0.308 e. The molecule has 0 saturated carbocycles. The SMILES string of the molecule is CC(C)(C)c1ccc(NC(=O)Nc2ccccc2-c2csc(-c3ccccc3F)n2)cc1. The molecule has 0 saturated heterocycles. The summed E-state index contributed by atoms with van der Waals surface area (Å²) in [6.45, 7) is 6.44. The van der Waals surface area contributed by atoms with Crippen molar-refractivity contribution in [2.75, 3.05) is 10.6 Å². The monoisotopic (exact) mass is 445 g/mol. The van der Waals surface area contributed by atoms with Crippen LogP contribution in [0.1, 0.15) is 26.3 Å². The second-order valence-electron chi connectivity index (χ2n) is 8.47. The number of benzene rings is 3. The zero-order valence-corrected chi connectivity index (χ0v) is 19.0. The van der Waals surface area contributed by atoms with Crippen molar-refractivity contribution >= 4 is 28.7 Å². The van der Waals surface area contributed by atoms with Gasteiger partial charge in [-0.05, 0) is 41.3 Å². The Kier molecular flexibility index (Phi) is 6.06. The van der Waals surface area contributed by atoms with Gasteiger partial charge in [-0.3, -0.25) is 0 Å². The number of hydrogen-bond donors (Lipinski definition) is 2. The van der Waals surface area contributed by atoms with E-state index in [0.29, 0.717) is 27.6 Å². The number of carbonyl (C=O) groups excluding carboxylic acids is 1. The number of hydrogen-bond acceptors (Lipinski definition) is 3. The predicted molar refractivity (Wildman–Crippen MR) is 131 cm³/mol. The minimum absolute atomic E-state index is 0.0504. The zero-order valence-electron chi connectivity index (χ0n) is 18.1. The van der Waals surface area contributed by atoms with E-state index in [4.69, 9.17) is 0 Å². The Morgan fingerprint density at radius 2 is 1.53 bits per heavy atom. The number of anilines is 2. The second kappa shape index (κ2) is 8.93. The van der Waals surface area contributed by atoms with Crippen molar-refractivity contribution in [2.45, 2.75) is 26.2 Å². The van der Waals surface area contributed by atoms with Gasteiger partial charge in [0, 0.05) is 22.2 Å². The van der Waals surface area contributed by atoms with Crippen LogP contribution in [0.5, 0.6) is 0 Å². The summed E-state index contributed by atoms with van der Waals surface area (Å²) in [6, 6.07) is 21.5. The van der Waals surface area contributed by atoms with Crippen LogP contribution in [-0.2, 0) is 5.41 Å². The van der Waals surface area contributed by atoms with E-state index in [2.05, 4.69) is 36.4 Å². The summed E-state index contributed by atoms with van der Waals surface area (Å²) in [7, 11) is 0. The van der Waals surface area contributed by atoms with Crippen molar-refractivity contribution in [3.63, 3.8) is 0 Å².